The fourth-order valence-electron chi connectivity index (χ4n) is 3.18. The minimum Gasteiger partial charge on any atom is -0.379 e. The molecule has 3 aromatic heterocycles. The van der Waals surface area contributed by atoms with Crippen LogP contribution in [0.2, 0.25) is 0 Å². The van der Waals surface area contributed by atoms with Gasteiger partial charge in [0.2, 0.25) is 5.95 Å². The molecule has 0 amide bonds. The van der Waals surface area contributed by atoms with Crippen molar-refractivity contribution in [3.8, 4) is 0 Å². The molecule has 0 bridgehead atoms. The molecule has 1 aliphatic heterocycles. The molecule has 0 unspecified atom stereocenters. The van der Waals surface area contributed by atoms with Crippen LogP contribution in [0.25, 0.3) is 11.0 Å². The van der Waals surface area contributed by atoms with Crippen LogP contribution in [0.15, 0.2) is 22.9 Å². The van der Waals surface area contributed by atoms with Gasteiger partial charge in [0, 0.05) is 38.4 Å². The van der Waals surface area contributed by atoms with Crippen LogP contribution in [-0.2, 0) is 17.8 Å². The minimum atomic E-state index is 0.252. The lowest BCUT2D eigenvalue weighted by Gasteiger charge is -2.26. The first-order valence-corrected chi connectivity index (χ1v) is 8.77. The molecular weight excluding hydrogens is 334 g/mol. The standard InChI is InChI=1S/C17H23N7O2/c1-12-10-13(22-26-12)11-19-16-15-14(20-17(18)21-16)2-3-24(15)5-4-23-6-8-25-9-7-23/h2-3,10H,4-9,11H2,1H3,(H3,18,19,20,21). The van der Waals surface area contributed by atoms with Crippen molar-refractivity contribution in [3.05, 3.63) is 29.8 Å². The minimum absolute atomic E-state index is 0.252. The lowest BCUT2D eigenvalue weighted by Crippen LogP contribution is -2.38. The molecule has 4 heterocycles. The highest BCUT2D eigenvalue weighted by Gasteiger charge is 2.14. The number of nitrogen functional groups attached to an aromatic ring is 1. The highest BCUT2D eigenvalue weighted by atomic mass is 16.5. The SMILES string of the molecule is Cc1cc(CNc2nc(N)nc3ccn(CCN4CCOCC4)c23)no1. The van der Waals surface area contributed by atoms with E-state index in [1.54, 1.807) is 0 Å². The maximum Gasteiger partial charge on any atom is 0.222 e. The Labute approximate surface area is 151 Å². The van der Waals surface area contributed by atoms with E-state index in [9.17, 15) is 0 Å². The molecule has 0 atom stereocenters. The maximum absolute atomic E-state index is 5.87. The molecule has 0 aromatic carbocycles. The highest BCUT2D eigenvalue weighted by Crippen LogP contribution is 2.23. The number of fused-ring (bicyclic) bond motifs is 1. The Morgan fingerprint density at radius 1 is 1.23 bits per heavy atom. The van der Waals surface area contributed by atoms with Crippen molar-refractivity contribution in [2.45, 2.75) is 20.0 Å². The van der Waals surface area contributed by atoms with E-state index in [4.69, 9.17) is 15.0 Å². The summed E-state index contributed by atoms with van der Waals surface area (Å²) >= 11 is 0. The number of hydrogen-bond acceptors (Lipinski definition) is 8. The Morgan fingerprint density at radius 2 is 2.08 bits per heavy atom. The second kappa shape index (κ2) is 7.30. The third-order valence-electron chi connectivity index (χ3n) is 4.50. The summed E-state index contributed by atoms with van der Waals surface area (Å²) in [5.74, 6) is 1.74. The van der Waals surface area contributed by atoms with Crippen LogP contribution in [0, 0.1) is 6.92 Å². The van der Waals surface area contributed by atoms with Gasteiger partial charge in [-0.05, 0) is 13.0 Å². The lowest BCUT2D eigenvalue weighted by atomic mass is 10.3. The van der Waals surface area contributed by atoms with E-state index >= 15 is 0 Å². The molecule has 1 fully saturated rings. The fourth-order valence-corrected chi connectivity index (χ4v) is 3.18. The number of aryl methyl sites for hydroxylation is 1. The van der Waals surface area contributed by atoms with Crippen molar-refractivity contribution < 1.29 is 9.26 Å². The molecule has 0 aliphatic carbocycles. The molecule has 0 spiro atoms. The molecular formula is C17H23N7O2. The van der Waals surface area contributed by atoms with Gasteiger partial charge in [-0.3, -0.25) is 4.90 Å². The average Bonchev–Trinajstić information content (AvgIpc) is 3.24. The van der Waals surface area contributed by atoms with Gasteiger partial charge in [-0.15, -0.1) is 0 Å². The zero-order valence-electron chi connectivity index (χ0n) is 14.8. The van der Waals surface area contributed by atoms with Crippen LogP contribution < -0.4 is 11.1 Å². The monoisotopic (exact) mass is 357 g/mol. The van der Waals surface area contributed by atoms with E-state index < -0.39 is 0 Å². The van der Waals surface area contributed by atoms with Gasteiger partial charge in [-0.25, -0.2) is 4.98 Å². The Hall–Kier alpha value is -2.65. The topological polar surface area (TPSA) is 107 Å². The second-order valence-corrected chi connectivity index (χ2v) is 6.41. The maximum atomic E-state index is 5.87. The molecule has 0 saturated carbocycles. The number of rotatable bonds is 6. The number of morpholine rings is 1. The Morgan fingerprint density at radius 3 is 2.85 bits per heavy atom. The first kappa shape index (κ1) is 16.8. The summed E-state index contributed by atoms with van der Waals surface area (Å²) in [7, 11) is 0. The molecule has 26 heavy (non-hydrogen) atoms. The number of ether oxygens (including phenoxy) is 1. The van der Waals surface area contributed by atoms with Crippen LogP contribution in [0.4, 0.5) is 11.8 Å². The zero-order chi connectivity index (χ0) is 17.9. The second-order valence-electron chi connectivity index (χ2n) is 6.41. The van der Waals surface area contributed by atoms with Crippen LogP contribution in [0.5, 0.6) is 0 Å². The summed E-state index contributed by atoms with van der Waals surface area (Å²) in [6.07, 6.45) is 2.03. The number of nitrogens with two attached hydrogens (primary N) is 1. The smallest absolute Gasteiger partial charge is 0.222 e. The van der Waals surface area contributed by atoms with E-state index in [-0.39, 0.29) is 5.95 Å². The zero-order valence-corrected chi connectivity index (χ0v) is 14.8. The van der Waals surface area contributed by atoms with Crippen molar-refractivity contribution in [3.63, 3.8) is 0 Å². The van der Waals surface area contributed by atoms with E-state index in [0.717, 1.165) is 61.9 Å². The third kappa shape index (κ3) is 3.63. The molecule has 9 heteroatoms. The third-order valence-corrected chi connectivity index (χ3v) is 4.50. The van der Waals surface area contributed by atoms with Gasteiger partial charge in [0.25, 0.3) is 0 Å². The van der Waals surface area contributed by atoms with Crippen molar-refractivity contribution in [2.24, 2.45) is 0 Å². The number of nitrogens with zero attached hydrogens (tertiary/aromatic N) is 5. The molecule has 0 radical (unpaired) electrons. The molecule has 1 saturated heterocycles. The predicted molar refractivity (Wildman–Crippen MR) is 97.8 cm³/mol. The molecule has 138 valence electrons. The van der Waals surface area contributed by atoms with Crippen molar-refractivity contribution in [1.29, 1.82) is 0 Å². The van der Waals surface area contributed by atoms with E-state index in [0.29, 0.717) is 12.4 Å². The quantitative estimate of drug-likeness (QED) is 0.679. The molecule has 3 N–H and O–H groups in total. The van der Waals surface area contributed by atoms with Gasteiger partial charge in [0.15, 0.2) is 5.82 Å². The average molecular weight is 357 g/mol. The predicted octanol–water partition coefficient (Wildman–Crippen LogP) is 1.25. The van der Waals surface area contributed by atoms with Crippen molar-refractivity contribution in [1.82, 2.24) is 24.6 Å². The first-order chi connectivity index (χ1) is 12.7. The van der Waals surface area contributed by atoms with E-state index in [2.05, 4.69) is 29.9 Å². The molecule has 1 aliphatic rings. The van der Waals surface area contributed by atoms with Crippen LogP contribution >= 0.6 is 0 Å². The summed E-state index contributed by atoms with van der Waals surface area (Å²) in [5, 5.41) is 7.32. The summed E-state index contributed by atoms with van der Waals surface area (Å²) in [6, 6.07) is 3.87. The summed E-state index contributed by atoms with van der Waals surface area (Å²) in [5.41, 5.74) is 8.47. The molecule has 3 aromatic rings. The highest BCUT2D eigenvalue weighted by molar-refractivity contribution is 5.87. The van der Waals surface area contributed by atoms with Gasteiger partial charge in [-0.1, -0.05) is 5.16 Å². The normalized spacial score (nSPS) is 15.6. The lowest BCUT2D eigenvalue weighted by molar-refractivity contribution is 0.0365. The Balaban J connectivity index is 1.54. The van der Waals surface area contributed by atoms with E-state index in [1.165, 1.54) is 0 Å². The van der Waals surface area contributed by atoms with Gasteiger partial charge < -0.3 is 24.9 Å². The Kier molecular flexibility index (Phi) is 4.72. The summed E-state index contributed by atoms with van der Waals surface area (Å²) in [4.78, 5) is 11.1. The summed E-state index contributed by atoms with van der Waals surface area (Å²) < 4.78 is 12.7. The molecule has 9 nitrogen and oxygen atoms in total. The number of aromatic nitrogens is 4. The van der Waals surface area contributed by atoms with Crippen LogP contribution in [-0.4, -0.2) is 57.4 Å². The number of nitrogens with one attached hydrogen (secondary N) is 1. The number of hydrogen-bond donors (Lipinski definition) is 2. The van der Waals surface area contributed by atoms with Crippen molar-refractivity contribution >= 4 is 22.8 Å². The van der Waals surface area contributed by atoms with Gasteiger partial charge in [0.05, 0.1) is 25.3 Å². The summed E-state index contributed by atoms with van der Waals surface area (Å²) in [6.45, 7) is 7.74. The largest absolute Gasteiger partial charge is 0.379 e. The number of anilines is 2. The Bertz CT molecular complexity index is 882. The van der Waals surface area contributed by atoms with Crippen LogP contribution in [0.1, 0.15) is 11.5 Å². The van der Waals surface area contributed by atoms with Gasteiger partial charge in [0.1, 0.15) is 17.0 Å². The van der Waals surface area contributed by atoms with E-state index in [1.807, 2.05) is 25.3 Å². The fraction of sp³-hybridized carbons (Fsp3) is 0.471. The van der Waals surface area contributed by atoms with Gasteiger partial charge >= 0.3 is 0 Å². The van der Waals surface area contributed by atoms with Crippen molar-refractivity contribution in [2.75, 3.05) is 43.9 Å². The van der Waals surface area contributed by atoms with Crippen LogP contribution in [0.3, 0.4) is 0 Å². The molecule has 4 rings (SSSR count). The first-order valence-electron chi connectivity index (χ1n) is 8.77. The van der Waals surface area contributed by atoms with Gasteiger partial charge in [-0.2, -0.15) is 4.98 Å².